The first-order valence-corrected chi connectivity index (χ1v) is 21.7. The average molecular weight is 731 g/mol. The van der Waals surface area contributed by atoms with Gasteiger partial charge in [-0.25, -0.2) is 0 Å². The summed E-state index contributed by atoms with van der Waals surface area (Å²) in [4.78, 5) is 38.9. The second kappa shape index (κ2) is 37.0. The van der Waals surface area contributed by atoms with Gasteiger partial charge in [0, 0.05) is 18.9 Å². The lowest BCUT2D eigenvalue weighted by atomic mass is 9.99. The topological polar surface area (TPSA) is 84.9 Å². The Morgan fingerprint density at radius 3 is 1.63 bits per heavy atom. The molecule has 0 saturated heterocycles. The molecule has 0 aromatic carbocycles. The molecular weight excluding hydrogens is 649 g/mol. The van der Waals surface area contributed by atoms with E-state index in [0.29, 0.717) is 44.4 Å². The van der Waals surface area contributed by atoms with Gasteiger partial charge in [-0.2, -0.15) is 0 Å². The molecule has 0 rings (SSSR count). The summed E-state index contributed by atoms with van der Waals surface area (Å²) in [5.74, 6) is 1.02. The van der Waals surface area contributed by atoms with Gasteiger partial charge in [-0.05, 0) is 83.0 Å². The summed E-state index contributed by atoms with van der Waals surface area (Å²) in [5.41, 5.74) is 5.64. The maximum Gasteiger partial charge on any atom is 0.305 e. The van der Waals surface area contributed by atoms with Crippen molar-refractivity contribution in [3.8, 4) is 0 Å². The number of allylic oxidation sites excluding steroid dienone is 1. The van der Waals surface area contributed by atoms with Crippen LogP contribution in [0.5, 0.6) is 0 Å². The van der Waals surface area contributed by atoms with E-state index in [2.05, 4.69) is 51.1 Å². The number of nitrogens with one attached hydrogen (secondary N) is 1. The first-order chi connectivity index (χ1) is 25.2. The number of amides is 1. The van der Waals surface area contributed by atoms with Crippen LogP contribution in [-0.2, 0) is 23.9 Å². The Kier molecular flexibility index (Phi) is 35.3. The smallest absolute Gasteiger partial charge is 0.305 e. The van der Waals surface area contributed by atoms with Crippen LogP contribution in [0.4, 0.5) is 0 Å². The fraction of sp³-hybridized carbons (Fsp3) is 0.844. The molecule has 302 valence electrons. The van der Waals surface area contributed by atoms with Crippen molar-refractivity contribution >= 4 is 17.8 Å². The normalized spacial score (nSPS) is 12.8. The Balaban J connectivity index is 4.10. The molecule has 7 nitrogen and oxygen atoms in total. The number of likely N-dealkylation sites (N-methyl/N-ethyl adjacent to an activating group) is 1. The fourth-order valence-corrected chi connectivity index (χ4v) is 6.50. The summed E-state index contributed by atoms with van der Waals surface area (Å²) in [6, 6.07) is 0.251. The molecule has 0 aliphatic carbocycles. The van der Waals surface area contributed by atoms with Gasteiger partial charge in [0.15, 0.2) is 0 Å². The molecule has 1 N–H and O–H groups in total. The van der Waals surface area contributed by atoms with E-state index in [1.807, 2.05) is 18.0 Å². The standard InChI is InChI=1S/C45H82N2O5/c1-7-11-28-40(5)35-37-51-44(49)33-26-22-18-14-16-20-24-31-42(46-43(48)39-47(6)10-4)32-25-21-17-15-19-23-27-34-45(50)52-38-36-41(29-12-8-2)30-13-9-3/h29,40-42H,2,7,9-11,13-28,30-39H2,1,3-6H3,(H,46,48). The summed E-state index contributed by atoms with van der Waals surface area (Å²) >= 11 is 0. The molecule has 1 amide bonds. The van der Waals surface area contributed by atoms with Crippen molar-refractivity contribution < 1.29 is 23.9 Å². The second-order valence-electron chi connectivity index (χ2n) is 15.3. The number of rotatable bonds is 37. The largest absolute Gasteiger partial charge is 0.466 e. The molecule has 0 fully saturated rings. The second-order valence-corrected chi connectivity index (χ2v) is 15.3. The molecule has 0 aromatic heterocycles. The highest BCUT2D eigenvalue weighted by atomic mass is 16.5. The zero-order chi connectivity index (χ0) is 38.5. The molecule has 0 spiro atoms. The number of hydrogen-bond donors (Lipinski definition) is 1. The molecule has 0 bridgehead atoms. The van der Waals surface area contributed by atoms with Gasteiger partial charge in [0.05, 0.1) is 19.8 Å². The Morgan fingerprint density at radius 1 is 0.654 bits per heavy atom. The molecule has 0 aliphatic rings. The van der Waals surface area contributed by atoms with E-state index in [4.69, 9.17) is 9.47 Å². The van der Waals surface area contributed by atoms with Crippen molar-refractivity contribution in [2.45, 2.75) is 201 Å². The molecule has 0 aromatic rings. The van der Waals surface area contributed by atoms with Gasteiger partial charge in [0.25, 0.3) is 0 Å². The van der Waals surface area contributed by atoms with Crippen molar-refractivity contribution in [2.24, 2.45) is 11.8 Å². The predicted molar refractivity (Wildman–Crippen MR) is 218 cm³/mol. The van der Waals surface area contributed by atoms with Crippen LogP contribution >= 0.6 is 0 Å². The third-order valence-electron chi connectivity index (χ3n) is 10.2. The van der Waals surface area contributed by atoms with Crippen molar-refractivity contribution in [3.63, 3.8) is 0 Å². The van der Waals surface area contributed by atoms with Crippen molar-refractivity contribution in [3.05, 3.63) is 24.1 Å². The predicted octanol–water partition coefficient (Wildman–Crippen LogP) is 11.4. The molecular formula is C45H82N2O5. The fourth-order valence-electron chi connectivity index (χ4n) is 6.50. The molecule has 0 radical (unpaired) electrons. The maximum atomic E-state index is 12.7. The van der Waals surface area contributed by atoms with Gasteiger partial charge >= 0.3 is 11.9 Å². The lowest BCUT2D eigenvalue weighted by Crippen LogP contribution is -2.41. The zero-order valence-corrected chi connectivity index (χ0v) is 34.7. The summed E-state index contributed by atoms with van der Waals surface area (Å²) in [7, 11) is 1.99. The number of hydrogen-bond acceptors (Lipinski definition) is 6. The minimum Gasteiger partial charge on any atom is -0.466 e. The van der Waals surface area contributed by atoms with Gasteiger partial charge in [-0.15, -0.1) is 0 Å². The summed E-state index contributed by atoms with van der Waals surface area (Å²) < 4.78 is 10.9. The highest BCUT2D eigenvalue weighted by molar-refractivity contribution is 5.78. The first kappa shape index (κ1) is 49.7. The third-order valence-corrected chi connectivity index (χ3v) is 10.2. The number of carbonyl (C=O) groups is 3. The van der Waals surface area contributed by atoms with Gasteiger partial charge in [-0.3, -0.25) is 19.3 Å². The lowest BCUT2D eigenvalue weighted by molar-refractivity contribution is -0.145. The van der Waals surface area contributed by atoms with Crippen molar-refractivity contribution in [1.82, 2.24) is 10.2 Å². The van der Waals surface area contributed by atoms with E-state index in [-0.39, 0.29) is 23.9 Å². The average Bonchev–Trinajstić information content (AvgIpc) is 3.12. The van der Waals surface area contributed by atoms with Crippen LogP contribution in [0.1, 0.15) is 195 Å². The van der Waals surface area contributed by atoms with Crippen molar-refractivity contribution in [2.75, 3.05) is 33.4 Å². The number of nitrogens with zero attached hydrogens (tertiary/aromatic N) is 1. The molecule has 0 aliphatic heterocycles. The number of unbranched alkanes of at least 4 members (excludes halogenated alkanes) is 14. The third kappa shape index (κ3) is 33.5. The van der Waals surface area contributed by atoms with Gasteiger partial charge < -0.3 is 14.8 Å². The Hall–Kier alpha value is -2.33. The van der Waals surface area contributed by atoms with E-state index in [9.17, 15) is 14.4 Å². The van der Waals surface area contributed by atoms with Gasteiger partial charge in [0.1, 0.15) is 0 Å². The molecule has 7 heteroatoms. The Labute approximate surface area is 321 Å². The number of carbonyl (C=O) groups excluding carboxylic acids is 3. The van der Waals surface area contributed by atoms with E-state index < -0.39 is 0 Å². The van der Waals surface area contributed by atoms with Crippen LogP contribution < -0.4 is 5.32 Å². The molecule has 3 atom stereocenters. The molecule has 52 heavy (non-hydrogen) atoms. The quantitative estimate of drug-likeness (QED) is 0.0389. The van der Waals surface area contributed by atoms with Crippen LogP contribution in [0.2, 0.25) is 0 Å². The first-order valence-electron chi connectivity index (χ1n) is 21.7. The van der Waals surface area contributed by atoms with E-state index in [1.165, 1.54) is 64.2 Å². The van der Waals surface area contributed by atoms with Gasteiger partial charge in [-0.1, -0.05) is 148 Å². The summed E-state index contributed by atoms with van der Waals surface area (Å²) in [5, 5.41) is 3.33. The van der Waals surface area contributed by atoms with Gasteiger partial charge in [0.2, 0.25) is 5.91 Å². The molecule has 0 heterocycles. The lowest BCUT2D eigenvalue weighted by Gasteiger charge is -2.21. The summed E-state index contributed by atoms with van der Waals surface area (Å²) in [6.45, 7) is 14.7. The van der Waals surface area contributed by atoms with E-state index in [1.54, 1.807) is 0 Å². The number of esters is 2. The Morgan fingerprint density at radius 2 is 1.13 bits per heavy atom. The number of ether oxygens (including phenoxy) is 2. The van der Waals surface area contributed by atoms with Crippen LogP contribution in [0.15, 0.2) is 24.1 Å². The van der Waals surface area contributed by atoms with Crippen LogP contribution in [0, 0.1) is 11.8 Å². The minimum absolute atomic E-state index is 0.0378. The molecule has 3 unspecified atom stereocenters. The monoisotopic (exact) mass is 731 g/mol. The molecule has 0 saturated carbocycles. The summed E-state index contributed by atoms with van der Waals surface area (Å²) in [6.07, 6.45) is 29.8. The van der Waals surface area contributed by atoms with Crippen LogP contribution in [-0.4, -0.2) is 62.1 Å². The minimum atomic E-state index is -0.0805. The Bertz CT molecular complexity index is 955. The maximum absolute atomic E-state index is 12.7. The van der Waals surface area contributed by atoms with Crippen LogP contribution in [0.25, 0.3) is 0 Å². The van der Waals surface area contributed by atoms with Crippen LogP contribution in [0.3, 0.4) is 0 Å². The van der Waals surface area contributed by atoms with Crippen molar-refractivity contribution in [1.29, 1.82) is 0 Å². The highest BCUT2D eigenvalue weighted by Crippen LogP contribution is 2.17. The highest BCUT2D eigenvalue weighted by Gasteiger charge is 2.14. The zero-order valence-electron chi connectivity index (χ0n) is 34.7. The van der Waals surface area contributed by atoms with E-state index in [0.717, 1.165) is 96.4 Å². The SMILES string of the molecule is C=C=C=CC(CCCC)CCOC(=O)CCCCCCCCCC(CCCCCCCCCC(=O)OCCC(C)CCCC)NC(=O)CN(C)CC. The van der Waals surface area contributed by atoms with E-state index >= 15 is 0 Å².